The number of primary amides is 1. The van der Waals surface area contributed by atoms with Crippen molar-refractivity contribution in [3.63, 3.8) is 0 Å². The first-order valence-corrected chi connectivity index (χ1v) is 14.2. The number of amides is 2. The monoisotopic (exact) mass is 586 g/mol. The van der Waals surface area contributed by atoms with Crippen molar-refractivity contribution in [2.75, 3.05) is 31.7 Å². The van der Waals surface area contributed by atoms with Gasteiger partial charge in [-0.15, -0.1) is 0 Å². The maximum absolute atomic E-state index is 15.5. The van der Waals surface area contributed by atoms with E-state index in [9.17, 15) is 9.59 Å². The third kappa shape index (κ3) is 6.70. The maximum Gasteiger partial charge on any atom is 0.316 e. The number of ether oxygens (including phenoxy) is 3. The molecule has 2 heterocycles. The Bertz CT molecular complexity index is 1620. The van der Waals surface area contributed by atoms with Crippen LogP contribution in [0, 0.1) is 18.7 Å². The van der Waals surface area contributed by atoms with Crippen LogP contribution < -0.4 is 30.2 Å². The first-order valence-electron chi connectivity index (χ1n) is 14.2. The van der Waals surface area contributed by atoms with Crippen LogP contribution in [-0.4, -0.2) is 43.6 Å². The molecule has 1 aromatic heterocycles. The molecule has 0 radical (unpaired) electrons. The molecule has 0 aliphatic carbocycles. The molecule has 1 fully saturated rings. The molecule has 1 saturated heterocycles. The molecule has 1 aliphatic heterocycles. The number of pyridine rings is 1. The third-order valence-corrected chi connectivity index (χ3v) is 7.71. The fraction of sp³-hybridized carbons (Fsp3) is 0.303. The molecule has 4 aromatic rings. The molecule has 1 aliphatic rings. The number of nitrogens with zero attached hydrogens (tertiary/aromatic N) is 2. The average Bonchev–Trinajstić information content (AvgIpc) is 3.01. The van der Waals surface area contributed by atoms with Gasteiger partial charge in [0.1, 0.15) is 5.75 Å². The van der Waals surface area contributed by atoms with E-state index in [1.807, 2.05) is 31.2 Å². The van der Waals surface area contributed by atoms with Crippen LogP contribution in [0.2, 0.25) is 0 Å². The lowest BCUT2D eigenvalue weighted by molar-refractivity contribution is -0.135. The van der Waals surface area contributed by atoms with Crippen molar-refractivity contribution in [1.82, 2.24) is 10.3 Å². The van der Waals surface area contributed by atoms with Crippen molar-refractivity contribution in [2.45, 2.75) is 32.7 Å². The minimum atomic E-state index is -1.14. The number of aromatic nitrogens is 1. The second-order valence-electron chi connectivity index (χ2n) is 10.7. The van der Waals surface area contributed by atoms with E-state index in [1.165, 1.54) is 17.0 Å². The standard InChI is InChI=1S/C33H35FN4O5/c1-20-4-6-23(7-5-20)21(2)38(33(40)32(35)39)24-8-9-29(26(34)16-24)43-28-12-15-37-27-18-31(30(41-3)17-25(27)28)42-19-22-10-13-36-14-11-22/h4-9,12,15-18,21-22,36H,10-11,13-14,19H2,1-3H3,(H2,35,39). The second kappa shape index (κ2) is 13.1. The Kier molecular flexibility index (Phi) is 9.06. The predicted molar refractivity (Wildman–Crippen MR) is 162 cm³/mol. The highest BCUT2D eigenvalue weighted by Crippen LogP contribution is 2.39. The summed E-state index contributed by atoms with van der Waals surface area (Å²) in [5.74, 6) is -0.980. The van der Waals surface area contributed by atoms with Gasteiger partial charge in [0.2, 0.25) is 0 Å². The lowest BCUT2D eigenvalue weighted by Gasteiger charge is -2.29. The van der Waals surface area contributed by atoms with Crippen molar-refractivity contribution in [1.29, 1.82) is 0 Å². The molecule has 3 aromatic carbocycles. The predicted octanol–water partition coefficient (Wildman–Crippen LogP) is 5.44. The first-order chi connectivity index (χ1) is 20.7. The van der Waals surface area contributed by atoms with Gasteiger partial charge in [-0.05, 0) is 75.5 Å². The Morgan fingerprint density at radius 1 is 1.02 bits per heavy atom. The van der Waals surface area contributed by atoms with Gasteiger partial charge in [-0.2, -0.15) is 0 Å². The van der Waals surface area contributed by atoms with Gasteiger partial charge >= 0.3 is 11.8 Å². The van der Waals surface area contributed by atoms with Gasteiger partial charge in [0.15, 0.2) is 23.1 Å². The fourth-order valence-electron chi connectivity index (χ4n) is 5.22. The van der Waals surface area contributed by atoms with Gasteiger partial charge in [0.25, 0.3) is 0 Å². The molecule has 2 amide bonds. The highest BCUT2D eigenvalue weighted by atomic mass is 19.1. The van der Waals surface area contributed by atoms with Crippen LogP contribution in [0.15, 0.2) is 66.9 Å². The maximum atomic E-state index is 15.5. The number of carbonyl (C=O) groups excluding carboxylic acids is 2. The molecular formula is C33H35FN4O5. The van der Waals surface area contributed by atoms with Crippen molar-refractivity contribution < 1.29 is 28.2 Å². The zero-order valence-electron chi connectivity index (χ0n) is 24.4. The number of halogens is 1. The highest BCUT2D eigenvalue weighted by molar-refractivity contribution is 6.40. The number of piperidine rings is 1. The normalized spacial score (nSPS) is 14.2. The zero-order chi connectivity index (χ0) is 30.5. The Morgan fingerprint density at radius 2 is 1.77 bits per heavy atom. The lowest BCUT2D eigenvalue weighted by atomic mass is 9.99. The number of methoxy groups -OCH3 is 1. The molecule has 3 N–H and O–H groups in total. The van der Waals surface area contributed by atoms with Crippen molar-refractivity contribution >= 4 is 28.4 Å². The fourth-order valence-corrected chi connectivity index (χ4v) is 5.22. The molecule has 0 bridgehead atoms. The molecule has 0 saturated carbocycles. The van der Waals surface area contributed by atoms with E-state index in [0.717, 1.165) is 43.1 Å². The van der Waals surface area contributed by atoms with Crippen LogP contribution in [0.4, 0.5) is 10.1 Å². The summed E-state index contributed by atoms with van der Waals surface area (Å²) in [5.41, 5.74) is 7.92. The molecular weight excluding hydrogens is 551 g/mol. The summed E-state index contributed by atoms with van der Waals surface area (Å²) in [6, 6.07) is 16.2. The summed E-state index contributed by atoms with van der Waals surface area (Å²) in [5, 5.41) is 3.96. The molecule has 1 unspecified atom stereocenters. The van der Waals surface area contributed by atoms with Gasteiger partial charge in [0.05, 0.1) is 25.3 Å². The molecule has 10 heteroatoms. The van der Waals surface area contributed by atoms with Crippen LogP contribution in [0.5, 0.6) is 23.0 Å². The molecule has 9 nitrogen and oxygen atoms in total. The number of anilines is 1. The summed E-state index contributed by atoms with van der Waals surface area (Å²) in [4.78, 5) is 30.4. The van der Waals surface area contributed by atoms with E-state index in [4.69, 9.17) is 19.9 Å². The summed E-state index contributed by atoms with van der Waals surface area (Å²) in [7, 11) is 1.56. The number of hydrogen-bond acceptors (Lipinski definition) is 7. The molecule has 224 valence electrons. The van der Waals surface area contributed by atoms with Gasteiger partial charge in [0, 0.05) is 29.4 Å². The van der Waals surface area contributed by atoms with Gasteiger partial charge in [-0.25, -0.2) is 4.39 Å². The van der Waals surface area contributed by atoms with E-state index < -0.39 is 23.7 Å². The van der Waals surface area contributed by atoms with E-state index >= 15 is 4.39 Å². The SMILES string of the molecule is COc1cc2c(Oc3ccc(N(C(=O)C(N)=O)C(C)c4ccc(C)cc4)cc3F)ccnc2cc1OCC1CCNCC1. The summed E-state index contributed by atoms with van der Waals surface area (Å²) in [6.45, 7) is 6.23. The summed E-state index contributed by atoms with van der Waals surface area (Å²) >= 11 is 0. The Hall–Kier alpha value is -4.70. The zero-order valence-corrected chi connectivity index (χ0v) is 24.4. The van der Waals surface area contributed by atoms with Crippen LogP contribution in [0.1, 0.15) is 36.9 Å². The molecule has 0 spiro atoms. The number of nitrogens with one attached hydrogen (secondary N) is 1. The van der Waals surface area contributed by atoms with E-state index in [-0.39, 0.29) is 11.4 Å². The lowest BCUT2D eigenvalue weighted by Crippen LogP contribution is -2.42. The number of aryl methyl sites for hydroxylation is 1. The second-order valence-corrected chi connectivity index (χ2v) is 10.7. The van der Waals surface area contributed by atoms with Crippen LogP contribution in [0.3, 0.4) is 0 Å². The molecule has 1 atom stereocenters. The number of benzene rings is 3. The van der Waals surface area contributed by atoms with E-state index in [2.05, 4.69) is 10.3 Å². The number of rotatable bonds is 9. The Morgan fingerprint density at radius 3 is 2.44 bits per heavy atom. The topological polar surface area (TPSA) is 116 Å². The van der Waals surface area contributed by atoms with Gasteiger partial charge in [-0.3, -0.25) is 19.5 Å². The molecule has 5 rings (SSSR count). The first kappa shape index (κ1) is 29.8. The summed E-state index contributed by atoms with van der Waals surface area (Å²) < 4.78 is 33.3. The minimum Gasteiger partial charge on any atom is -0.493 e. The van der Waals surface area contributed by atoms with Gasteiger partial charge < -0.3 is 25.3 Å². The van der Waals surface area contributed by atoms with Crippen molar-refractivity contribution in [2.24, 2.45) is 11.7 Å². The number of fused-ring (bicyclic) bond motifs is 1. The quantitative estimate of drug-likeness (QED) is 0.251. The number of hydrogen-bond donors (Lipinski definition) is 2. The van der Waals surface area contributed by atoms with Gasteiger partial charge in [-0.1, -0.05) is 29.8 Å². The minimum absolute atomic E-state index is 0.0732. The average molecular weight is 587 g/mol. The third-order valence-electron chi connectivity index (χ3n) is 7.71. The van der Waals surface area contributed by atoms with Crippen LogP contribution in [0.25, 0.3) is 10.9 Å². The van der Waals surface area contributed by atoms with Crippen LogP contribution >= 0.6 is 0 Å². The van der Waals surface area contributed by atoms with E-state index in [0.29, 0.717) is 40.7 Å². The number of carbonyl (C=O) groups is 2. The van der Waals surface area contributed by atoms with Crippen LogP contribution in [-0.2, 0) is 9.59 Å². The highest BCUT2D eigenvalue weighted by Gasteiger charge is 2.28. The molecule has 43 heavy (non-hydrogen) atoms. The Labute approximate surface area is 249 Å². The summed E-state index contributed by atoms with van der Waals surface area (Å²) in [6.07, 6.45) is 3.68. The van der Waals surface area contributed by atoms with Crippen molar-refractivity contribution in [3.05, 3.63) is 83.8 Å². The Balaban J connectivity index is 1.41. The van der Waals surface area contributed by atoms with E-state index in [1.54, 1.807) is 38.4 Å². The number of nitrogens with two attached hydrogens (primary N) is 1. The smallest absolute Gasteiger partial charge is 0.316 e. The van der Waals surface area contributed by atoms with Crippen molar-refractivity contribution in [3.8, 4) is 23.0 Å². The largest absolute Gasteiger partial charge is 0.493 e.